The van der Waals surface area contributed by atoms with E-state index < -0.39 is 5.43 Å². The molecule has 1 saturated carbocycles. The van der Waals surface area contributed by atoms with Crippen molar-refractivity contribution < 1.29 is 19.4 Å². The molecule has 0 heterocycles. The quantitative estimate of drug-likeness (QED) is 0.522. The molecule has 0 amide bonds. The fraction of sp³-hybridized carbons (Fsp3) is 0.750. The zero-order valence-corrected chi connectivity index (χ0v) is 8.87. The Bertz CT molecular complexity index is 150. The van der Waals surface area contributed by atoms with Gasteiger partial charge in [-0.15, -0.1) is 0 Å². The lowest BCUT2D eigenvalue weighted by Gasteiger charge is -2.18. The first-order valence-electron chi connectivity index (χ1n) is 4.24. The number of carbonyl (C=O) groups is 2. The van der Waals surface area contributed by atoms with Crippen LogP contribution < -0.4 is 5.73 Å². The molecule has 1 rings (SSSR count). The van der Waals surface area contributed by atoms with Gasteiger partial charge in [0.2, 0.25) is 0 Å². The van der Waals surface area contributed by atoms with E-state index >= 15 is 0 Å². The highest BCUT2D eigenvalue weighted by atomic mass is 35.5. The maximum Gasteiger partial charge on any atom is 0.403 e. The zero-order valence-electron chi connectivity index (χ0n) is 8.11. The summed E-state index contributed by atoms with van der Waals surface area (Å²) in [5.41, 5.74) is 4.64. The van der Waals surface area contributed by atoms with Crippen molar-refractivity contribution in [3.8, 4) is 0 Å². The molecule has 3 N–H and O–H groups in total. The molecule has 1 aliphatic rings. The van der Waals surface area contributed by atoms with Crippen LogP contribution in [0.15, 0.2) is 0 Å². The van der Waals surface area contributed by atoms with Crippen LogP contribution in [-0.2, 0) is 9.53 Å². The molecular formula is C8H16ClNO4. The van der Waals surface area contributed by atoms with Crippen LogP contribution in [-0.4, -0.2) is 29.7 Å². The van der Waals surface area contributed by atoms with Gasteiger partial charge in [0.1, 0.15) is 0 Å². The predicted molar refractivity (Wildman–Crippen MR) is 53.4 cm³/mol. The van der Waals surface area contributed by atoms with Crippen molar-refractivity contribution in [1.29, 1.82) is 0 Å². The van der Waals surface area contributed by atoms with Gasteiger partial charge in [0.15, 0.2) is 0 Å². The number of carboxylic acid groups (broad SMARTS) is 1. The van der Waals surface area contributed by atoms with Crippen LogP contribution in [0.5, 0.6) is 0 Å². The summed E-state index contributed by atoms with van der Waals surface area (Å²) in [6.45, 7) is 1.79. The predicted octanol–water partition coefficient (Wildman–Crippen LogP) is 1.58. The Morgan fingerprint density at radius 2 is 2.07 bits per heavy atom. The standard InChI is InChI=1S/C4H9N.C3H5ClO2.CH2O2/c5-4-2-1-3-4;1-2-6-3(4)5;2-1-3/h4H,1-3,5H2;2H2,1H3;1H,(H,2,3). The molecule has 0 aromatic rings. The number of hydrogen-bond acceptors (Lipinski definition) is 4. The minimum Gasteiger partial charge on any atom is -0.483 e. The molecule has 0 spiro atoms. The van der Waals surface area contributed by atoms with Gasteiger partial charge in [-0.25, -0.2) is 4.79 Å². The Kier molecular flexibility index (Phi) is 13.6. The molecule has 0 aromatic heterocycles. The first kappa shape index (κ1) is 15.7. The van der Waals surface area contributed by atoms with E-state index in [4.69, 9.17) is 27.2 Å². The lowest BCUT2D eigenvalue weighted by atomic mass is 9.95. The summed E-state index contributed by atoms with van der Waals surface area (Å²) in [7, 11) is 0. The summed E-state index contributed by atoms with van der Waals surface area (Å²) in [6, 6.07) is 0.565. The third-order valence-corrected chi connectivity index (χ3v) is 1.52. The molecular weight excluding hydrogens is 210 g/mol. The van der Waals surface area contributed by atoms with Crippen LogP contribution in [0.1, 0.15) is 26.2 Å². The van der Waals surface area contributed by atoms with E-state index in [1.807, 2.05) is 0 Å². The van der Waals surface area contributed by atoms with Crippen molar-refractivity contribution in [3.63, 3.8) is 0 Å². The van der Waals surface area contributed by atoms with E-state index in [1.54, 1.807) is 6.92 Å². The molecule has 0 radical (unpaired) electrons. The molecule has 5 nitrogen and oxygen atoms in total. The van der Waals surface area contributed by atoms with Gasteiger partial charge in [-0.1, -0.05) is 6.42 Å². The normalized spacial score (nSPS) is 13.4. The van der Waals surface area contributed by atoms with Gasteiger partial charge in [0, 0.05) is 17.6 Å². The zero-order chi connectivity index (χ0) is 11.4. The lowest BCUT2D eigenvalue weighted by Crippen LogP contribution is -2.27. The highest BCUT2D eigenvalue weighted by Gasteiger charge is 2.09. The highest BCUT2D eigenvalue weighted by Crippen LogP contribution is 2.14. The minimum atomic E-state index is -0.738. The molecule has 6 heteroatoms. The molecule has 0 bridgehead atoms. The summed E-state index contributed by atoms with van der Waals surface area (Å²) in [5, 5.41) is 6.89. The first-order chi connectivity index (χ1) is 6.58. The monoisotopic (exact) mass is 225 g/mol. The first-order valence-corrected chi connectivity index (χ1v) is 4.61. The third-order valence-electron chi connectivity index (χ3n) is 1.41. The van der Waals surface area contributed by atoms with Gasteiger partial charge < -0.3 is 15.6 Å². The van der Waals surface area contributed by atoms with Crippen LogP contribution in [0.4, 0.5) is 4.79 Å². The average Bonchev–Trinajstić information content (AvgIpc) is 2.03. The van der Waals surface area contributed by atoms with Crippen LogP contribution in [0, 0.1) is 0 Å². The molecule has 0 unspecified atom stereocenters. The van der Waals surface area contributed by atoms with E-state index in [1.165, 1.54) is 19.3 Å². The third kappa shape index (κ3) is 17.3. The number of halogens is 1. The van der Waals surface area contributed by atoms with Crippen LogP contribution in [0.2, 0.25) is 0 Å². The summed E-state index contributed by atoms with van der Waals surface area (Å²) in [4.78, 5) is 17.9. The van der Waals surface area contributed by atoms with Crippen molar-refractivity contribution in [3.05, 3.63) is 0 Å². The SMILES string of the molecule is CCOC(=O)Cl.NC1CCC1.O=CO. The molecule has 0 aromatic carbocycles. The Morgan fingerprint density at radius 3 is 2.07 bits per heavy atom. The van der Waals surface area contributed by atoms with Crippen molar-refractivity contribution in [2.75, 3.05) is 6.61 Å². The summed E-state index contributed by atoms with van der Waals surface area (Å²) >= 11 is 4.72. The van der Waals surface area contributed by atoms with Gasteiger partial charge in [-0.05, 0) is 19.8 Å². The van der Waals surface area contributed by atoms with Crippen LogP contribution >= 0.6 is 11.6 Å². The van der Waals surface area contributed by atoms with Crippen LogP contribution in [0.3, 0.4) is 0 Å². The van der Waals surface area contributed by atoms with E-state index in [0.29, 0.717) is 12.6 Å². The number of rotatable bonds is 1. The van der Waals surface area contributed by atoms with Crippen molar-refractivity contribution in [2.45, 2.75) is 32.2 Å². The second-order valence-electron chi connectivity index (χ2n) is 2.47. The van der Waals surface area contributed by atoms with Gasteiger partial charge >= 0.3 is 5.43 Å². The number of ether oxygens (including phenoxy) is 1. The molecule has 1 fully saturated rings. The molecule has 0 atom stereocenters. The Labute approximate surface area is 88.2 Å². The van der Waals surface area contributed by atoms with Gasteiger partial charge in [0.05, 0.1) is 6.61 Å². The second-order valence-corrected chi connectivity index (χ2v) is 2.78. The van der Waals surface area contributed by atoms with E-state index in [-0.39, 0.29) is 6.47 Å². The Balaban J connectivity index is 0. The molecule has 1 aliphatic carbocycles. The van der Waals surface area contributed by atoms with Gasteiger partial charge in [-0.2, -0.15) is 0 Å². The summed E-state index contributed by atoms with van der Waals surface area (Å²) in [5.74, 6) is 0. The second kappa shape index (κ2) is 12.2. The van der Waals surface area contributed by atoms with Crippen LogP contribution in [0.25, 0.3) is 0 Å². The van der Waals surface area contributed by atoms with Crippen molar-refractivity contribution in [2.24, 2.45) is 5.73 Å². The summed E-state index contributed by atoms with van der Waals surface area (Å²) in [6.07, 6.45) is 3.89. The largest absolute Gasteiger partial charge is 0.483 e. The maximum atomic E-state index is 9.59. The minimum absolute atomic E-state index is 0.250. The molecule has 84 valence electrons. The van der Waals surface area contributed by atoms with Crippen molar-refractivity contribution in [1.82, 2.24) is 0 Å². The molecule has 14 heavy (non-hydrogen) atoms. The van der Waals surface area contributed by atoms with Gasteiger partial charge in [0.25, 0.3) is 6.47 Å². The average molecular weight is 226 g/mol. The summed E-state index contributed by atoms with van der Waals surface area (Å²) < 4.78 is 4.17. The lowest BCUT2D eigenvalue weighted by molar-refractivity contribution is -0.122. The Morgan fingerprint density at radius 1 is 1.71 bits per heavy atom. The number of hydrogen-bond donors (Lipinski definition) is 2. The maximum absolute atomic E-state index is 9.59. The van der Waals surface area contributed by atoms with E-state index in [2.05, 4.69) is 4.74 Å². The fourth-order valence-corrected chi connectivity index (χ4v) is 0.662. The smallest absolute Gasteiger partial charge is 0.403 e. The van der Waals surface area contributed by atoms with E-state index in [9.17, 15) is 4.79 Å². The van der Waals surface area contributed by atoms with E-state index in [0.717, 1.165) is 0 Å². The molecule has 0 saturated heterocycles. The van der Waals surface area contributed by atoms with Crippen molar-refractivity contribution >= 4 is 23.5 Å². The van der Waals surface area contributed by atoms with Gasteiger partial charge in [-0.3, -0.25) is 4.79 Å². The fourth-order valence-electron chi connectivity index (χ4n) is 0.553. The number of carbonyl (C=O) groups excluding carboxylic acids is 1. The molecule has 0 aliphatic heterocycles. The number of nitrogens with two attached hydrogens (primary N) is 1. The highest BCUT2D eigenvalue weighted by molar-refractivity contribution is 6.61. The Hall–Kier alpha value is -0.810. The topological polar surface area (TPSA) is 89.6 Å².